The molecule has 0 spiro atoms. The molecule has 18 heavy (non-hydrogen) atoms. The number of methoxy groups -OCH3 is 1. The van der Waals surface area contributed by atoms with Crippen LogP contribution in [0, 0.1) is 0 Å². The van der Waals surface area contributed by atoms with Gasteiger partial charge in [-0.3, -0.25) is 4.68 Å². The van der Waals surface area contributed by atoms with Gasteiger partial charge < -0.3 is 4.74 Å². The van der Waals surface area contributed by atoms with E-state index in [0.717, 1.165) is 11.6 Å². The Balaban J connectivity index is 2.11. The Labute approximate surface area is 102 Å². The lowest BCUT2D eigenvalue weighted by Crippen LogP contribution is -2.08. The quantitative estimate of drug-likeness (QED) is 0.844. The number of alkyl halides is 3. The molecule has 2 aromatic rings. The smallest absolute Gasteiger partial charge is 0.435 e. The molecule has 1 aromatic carbocycles. The van der Waals surface area contributed by atoms with Gasteiger partial charge in [0.1, 0.15) is 5.75 Å². The van der Waals surface area contributed by atoms with Crippen LogP contribution in [0.1, 0.15) is 11.3 Å². The van der Waals surface area contributed by atoms with Crippen molar-refractivity contribution < 1.29 is 17.9 Å². The molecule has 0 aliphatic heterocycles. The first-order chi connectivity index (χ1) is 8.49. The molecule has 0 atom stereocenters. The molecule has 0 saturated carbocycles. The first-order valence-corrected chi connectivity index (χ1v) is 5.22. The zero-order valence-electron chi connectivity index (χ0n) is 9.61. The Bertz CT molecular complexity index is 517. The summed E-state index contributed by atoms with van der Waals surface area (Å²) in [6.45, 7) is 0.292. The van der Waals surface area contributed by atoms with Crippen LogP contribution in [-0.2, 0) is 12.7 Å². The van der Waals surface area contributed by atoms with E-state index in [-0.39, 0.29) is 0 Å². The van der Waals surface area contributed by atoms with Crippen LogP contribution < -0.4 is 4.74 Å². The molecule has 0 aliphatic carbocycles. The average molecular weight is 256 g/mol. The van der Waals surface area contributed by atoms with Gasteiger partial charge in [0.05, 0.1) is 13.7 Å². The Morgan fingerprint density at radius 1 is 1.17 bits per heavy atom. The predicted molar refractivity (Wildman–Crippen MR) is 59.3 cm³/mol. The third-order valence-corrected chi connectivity index (χ3v) is 2.43. The molecule has 2 rings (SSSR count). The lowest BCUT2D eigenvalue weighted by atomic mass is 10.2. The standard InChI is InChI=1S/C12H11F3N2O/c1-18-10-4-2-9(3-5-10)8-17-7-6-11(16-17)12(13,14)15/h2-7H,8H2,1H3. The highest BCUT2D eigenvalue weighted by Crippen LogP contribution is 2.27. The first kappa shape index (κ1) is 12.5. The zero-order valence-corrected chi connectivity index (χ0v) is 9.61. The first-order valence-electron chi connectivity index (χ1n) is 5.22. The maximum Gasteiger partial charge on any atom is 0.435 e. The van der Waals surface area contributed by atoms with Crippen molar-refractivity contribution in [3.8, 4) is 5.75 Å². The molecule has 0 amide bonds. The summed E-state index contributed by atoms with van der Waals surface area (Å²) in [5, 5.41) is 3.48. The lowest BCUT2D eigenvalue weighted by molar-refractivity contribution is -0.141. The van der Waals surface area contributed by atoms with Crippen molar-refractivity contribution in [3.05, 3.63) is 47.8 Å². The van der Waals surface area contributed by atoms with Crippen LogP contribution in [-0.4, -0.2) is 16.9 Å². The van der Waals surface area contributed by atoms with Gasteiger partial charge in [-0.25, -0.2) is 0 Å². The number of hydrogen-bond acceptors (Lipinski definition) is 2. The number of ether oxygens (including phenoxy) is 1. The molecule has 0 saturated heterocycles. The number of benzene rings is 1. The van der Waals surface area contributed by atoms with Gasteiger partial charge in [-0.2, -0.15) is 18.3 Å². The van der Waals surface area contributed by atoms with E-state index in [1.807, 2.05) is 0 Å². The Hall–Kier alpha value is -1.98. The van der Waals surface area contributed by atoms with Crippen molar-refractivity contribution in [1.82, 2.24) is 9.78 Å². The number of rotatable bonds is 3. The fourth-order valence-electron chi connectivity index (χ4n) is 1.52. The molecule has 6 heteroatoms. The highest BCUT2D eigenvalue weighted by Gasteiger charge is 2.33. The highest BCUT2D eigenvalue weighted by atomic mass is 19.4. The Morgan fingerprint density at radius 2 is 1.83 bits per heavy atom. The summed E-state index contributed by atoms with van der Waals surface area (Å²) in [6, 6.07) is 8.04. The normalized spacial score (nSPS) is 11.6. The third-order valence-electron chi connectivity index (χ3n) is 2.43. The van der Waals surface area contributed by atoms with Crippen molar-refractivity contribution in [3.63, 3.8) is 0 Å². The van der Waals surface area contributed by atoms with Gasteiger partial charge >= 0.3 is 6.18 Å². The maximum absolute atomic E-state index is 12.3. The van der Waals surface area contributed by atoms with E-state index in [4.69, 9.17) is 4.74 Å². The summed E-state index contributed by atoms with van der Waals surface area (Å²) >= 11 is 0. The minimum Gasteiger partial charge on any atom is -0.497 e. The molecule has 0 bridgehead atoms. The van der Waals surface area contributed by atoms with Crippen LogP contribution in [0.5, 0.6) is 5.75 Å². The van der Waals surface area contributed by atoms with E-state index in [9.17, 15) is 13.2 Å². The molecule has 0 fully saturated rings. The fourth-order valence-corrected chi connectivity index (χ4v) is 1.52. The van der Waals surface area contributed by atoms with Gasteiger partial charge in [-0.1, -0.05) is 12.1 Å². The van der Waals surface area contributed by atoms with E-state index in [1.165, 1.54) is 10.9 Å². The number of hydrogen-bond donors (Lipinski definition) is 0. The monoisotopic (exact) mass is 256 g/mol. The minimum atomic E-state index is -4.40. The second-order valence-corrected chi connectivity index (χ2v) is 3.74. The molecule has 1 aromatic heterocycles. The third kappa shape index (κ3) is 2.82. The molecular weight excluding hydrogens is 245 g/mol. The minimum absolute atomic E-state index is 0.292. The van der Waals surface area contributed by atoms with Gasteiger partial charge in [-0.15, -0.1) is 0 Å². The second-order valence-electron chi connectivity index (χ2n) is 3.74. The van der Waals surface area contributed by atoms with E-state index in [1.54, 1.807) is 31.4 Å². The molecule has 0 unspecified atom stereocenters. The maximum atomic E-state index is 12.3. The van der Waals surface area contributed by atoms with Gasteiger partial charge in [0, 0.05) is 6.20 Å². The van der Waals surface area contributed by atoms with Gasteiger partial charge in [0.15, 0.2) is 5.69 Å². The summed E-state index contributed by atoms with van der Waals surface area (Å²) in [5.74, 6) is 0.704. The molecule has 1 heterocycles. The van der Waals surface area contributed by atoms with Gasteiger partial charge in [0.2, 0.25) is 0 Å². The van der Waals surface area contributed by atoms with E-state index >= 15 is 0 Å². The van der Waals surface area contributed by atoms with Crippen LogP contribution in [0.3, 0.4) is 0 Å². The van der Waals surface area contributed by atoms with Crippen molar-refractivity contribution in [2.24, 2.45) is 0 Å². The van der Waals surface area contributed by atoms with Crippen LogP contribution in [0.4, 0.5) is 13.2 Å². The van der Waals surface area contributed by atoms with Crippen molar-refractivity contribution in [2.45, 2.75) is 12.7 Å². The van der Waals surface area contributed by atoms with Crippen LogP contribution in [0.2, 0.25) is 0 Å². The average Bonchev–Trinajstić information content (AvgIpc) is 2.78. The molecule has 3 nitrogen and oxygen atoms in total. The molecular formula is C12H11F3N2O. The summed E-state index contributed by atoms with van der Waals surface area (Å²) in [5.41, 5.74) is -0.0244. The summed E-state index contributed by atoms with van der Waals surface area (Å²) in [7, 11) is 1.55. The van der Waals surface area contributed by atoms with Gasteiger partial charge in [-0.05, 0) is 23.8 Å². The summed E-state index contributed by atoms with van der Waals surface area (Å²) < 4.78 is 43.3. The SMILES string of the molecule is COc1ccc(Cn2ccc(C(F)(F)F)n2)cc1. The largest absolute Gasteiger partial charge is 0.497 e. The fraction of sp³-hybridized carbons (Fsp3) is 0.250. The predicted octanol–water partition coefficient (Wildman–Crippen LogP) is 2.96. The molecule has 0 N–H and O–H groups in total. The van der Waals surface area contributed by atoms with Gasteiger partial charge in [0.25, 0.3) is 0 Å². The lowest BCUT2D eigenvalue weighted by Gasteiger charge is -2.04. The number of nitrogens with zero attached hydrogens (tertiary/aromatic N) is 2. The zero-order chi connectivity index (χ0) is 13.2. The molecule has 96 valence electrons. The van der Waals surface area contributed by atoms with Crippen LogP contribution in [0.15, 0.2) is 36.5 Å². The van der Waals surface area contributed by atoms with Crippen molar-refractivity contribution in [2.75, 3.05) is 7.11 Å². The highest BCUT2D eigenvalue weighted by molar-refractivity contribution is 5.27. The van der Waals surface area contributed by atoms with Crippen molar-refractivity contribution in [1.29, 1.82) is 0 Å². The summed E-state index contributed by atoms with van der Waals surface area (Å²) in [4.78, 5) is 0. The Kier molecular flexibility index (Phi) is 3.27. The van der Waals surface area contributed by atoms with Crippen LogP contribution >= 0.6 is 0 Å². The topological polar surface area (TPSA) is 27.1 Å². The van der Waals surface area contributed by atoms with Crippen molar-refractivity contribution >= 4 is 0 Å². The Morgan fingerprint density at radius 3 is 2.33 bits per heavy atom. The second kappa shape index (κ2) is 4.72. The van der Waals surface area contributed by atoms with E-state index < -0.39 is 11.9 Å². The van der Waals surface area contributed by atoms with E-state index in [0.29, 0.717) is 12.3 Å². The molecule has 0 radical (unpaired) electrons. The molecule has 0 aliphatic rings. The van der Waals surface area contributed by atoms with Crippen LogP contribution in [0.25, 0.3) is 0 Å². The number of aromatic nitrogens is 2. The number of halogens is 3. The van der Waals surface area contributed by atoms with E-state index in [2.05, 4.69) is 5.10 Å². The summed E-state index contributed by atoms with van der Waals surface area (Å²) in [6.07, 6.45) is -3.09.